The third-order valence-electron chi connectivity index (χ3n) is 4.51. The number of hydrogen-bond acceptors (Lipinski definition) is 5. The molecule has 7 nitrogen and oxygen atoms in total. The van der Waals surface area contributed by atoms with Crippen molar-refractivity contribution in [3.63, 3.8) is 0 Å². The van der Waals surface area contributed by atoms with Gasteiger partial charge in [-0.25, -0.2) is 13.4 Å². The number of sulfonamides is 1. The number of aromatic nitrogens is 1. The molecule has 1 aromatic carbocycles. The van der Waals surface area contributed by atoms with Crippen LogP contribution in [0, 0.1) is 0 Å². The molecule has 156 valence electrons. The van der Waals surface area contributed by atoms with E-state index in [0.29, 0.717) is 25.4 Å². The molecule has 0 saturated carbocycles. The van der Waals surface area contributed by atoms with Crippen LogP contribution in [0.1, 0.15) is 36.5 Å². The number of carbonyl (C=O) groups is 1. The van der Waals surface area contributed by atoms with Gasteiger partial charge in [0.05, 0.1) is 22.8 Å². The third-order valence-corrected chi connectivity index (χ3v) is 6.90. The monoisotopic (exact) mass is 457 g/mol. The number of pyridine rings is 1. The van der Waals surface area contributed by atoms with Crippen molar-refractivity contribution in [2.24, 2.45) is 0 Å². The first-order chi connectivity index (χ1) is 13.8. The summed E-state index contributed by atoms with van der Waals surface area (Å²) in [5.41, 5.74) is 0.351. The SMILES string of the molecule is CCOc1ccc(S(=O)(=O)N2CCCCC2)cc1NC(=O)c1ccc(Cl)nc1Cl. The van der Waals surface area contributed by atoms with Gasteiger partial charge in [0.2, 0.25) is 10.0 Å². The van der Waals surface area contributed by atoms with E-state index in [1.807, 2.05) is 0 Å². The van der Waals surface area contributed by atoms with Gasteiger partial charge in [-0.3, -0.25) is 4.79 Å². The minimum absolute atomic E-state index is 0.0509. The summed E-state index contributed by atoms with van der Waals surface area (Å²) in [6.45, 7) is 3.13. The molecule has 0 atom stereocenters. The summed E-state index contributed by atoms with van der Waals surface area (Å²) < 4.78 is 33.0. The lowest BCUT2D eigenvalue weighted by Crippen LogP contribution is -2.35. The van der Waals surface area contributed by atoms with E-state index >= 15 is 0 Å². The molecule has 29 heavy (non-hydrogen) atoms. The van der Waals surface area contributed by atoms with Crippen molar-refractivity contribution in [2.45, 2.75) is 31.1 Å². The van der Waals surface area contributed by atoms with Crippen LogP contribution in [0.3, 0.4) is 0 Å². The minimum Gasteiger partial charge on any atom is -0.492 e. The molecule has 1 amide bonds. The average Bonchev–Trinajstić information content (AvgIpc) is 2.70. The molecule has 0 aliphatic carbocycles. The summed E-state index contributed by atoms with van der Waals surface area (Å²) in [4.78, 5) is 16.6. The Morgan fingerprint density at radius 1 is 1.17 bits per heavy atom. The molecular weight excluding hydrogens is 437 g/mol. The molecule has 1 N–H and O–H groups in total. The summed E-state index contributed by atoms with van der Waals surface area (Å²) in [6.07, 6.45) is 2.69. The van der Waals surface area contributed by atoms with E-state index in [2.05, 4.69) is 10.3 Å². The third kappa shape index (κ3) is 5.01. The van der Waals surface area contributed by atoms with E-state index in [1.54, 1.807) is 6.92 Å². The quantitative estimate of drug-likeness (QED) is 0.655. The first-order valence-electron chi connectivity index (χ1n) is 9.23. The number of nitrogens with one attached hydrogen (secondary N) is 1. The maximum absolute atomic E-state index is 13.0. The van der Waals surface area contributed by atoms with Crippen LogP contribution in [0.15, 0.2) is 35.2 Å². The van der Waals surface area contributed by atoms with Crippen LogP contribution in [0.4, 0.5) is 5.69 Å². The summed E-state index contributed by atoms with van der Waals surface area (Å²) in [5.74, 6) is -0.191. The number of ether oxygens (including phenoxy) is 1. The van der Waals surface area contributed by atoms with Crippen LogP contribution in [0.5, 0.6) is 5.75 Å². The van der Waals surface area contributed by atoms with Crippen molar-refractivity contribution in [3.05, 3.63) is 46.2 Å². The van der Waals surface area contributed by atoms with Crippen LogP contribution in [0.2, 0.25) is 10.3 Å². The molecule has 1 aliphatic rings. The Kier molecular flexibility index (Phi) is 7.00. The van der Waals surface area contributed by atoms with Crippen LogP contribution in [0.25, 0.3) is 0 Å². The highest BCUT2D eigenvalue weighted by molar-refractivity contribution is 7.89. The normalized spacial score (nSPS) is 15.1. The van der Waals surface area contributed by atoms with Crippen molar-refractivity contribution >= 4 is 44.8 Å². The van der Waals surface area contributed by atoms with Crippen molar-refractivity contribution < 1.29 is 17.9 Å². The molecular formula is C19H21Cl2N3O4S. The Bertz CT molecular complexity index is 1010. The van der Waals surface area contributed by atoms with Crippen LogP contribution < -0.4 is 10.1 Å². The molecule has 1 aliphatic heterocycles. The molecule has 1 fully saturated rings. The highest BCUT2D eigenvalue weighted by atomic mass is 35.5. The number of anilines is 1. The Morgan fingerprint density at radius 3 is 2.55 bits per heavy atom. The van der Waals surface area contributed by atoms with E-state index in [-0.39, 0.29) is 26.5 Å². The standard InChI is InChI=1S/C19H21Cl2N3O4S/c1-2-28-16-8-6-13(29(26,27)24-10-4-3-5-11-24)12-15(16)22-19(25)14-7-9-17(20)23-18(14)21/h6-9,12H,2-5,10-11H2,1H3,(H,22,25). The van der Waals surface area contributed by atoms with Gasteiger partial charge in [0.25, 0.3) is 5.91 Å². The fourth-order valence-electron chi connectivity index (χ4n) is 3.07. The van der Waals surface area contributed by atoms with Crippen LogP contribution >= 0.6 is 23.2 Å². The fourth-order valence-corrected chi connectivity index (χ4v) is 5.05. The molecule has 2 heterocycles. The topological polar surface area (TPSA) is 88.6 Å². The van der Waals surface area contributed by atoms with E-state index in [9.17, 15) is 13.2 Å². The Morgan fingerprint density at radius 2 is 1.90 bits per heavy atom. The zero-order valence-corrected chi connectivity index (χ0v) is 18.1. The number of halogens is 2. The highest BCUT2D eigenvalue weighted by Gasteiger charge is 2.27. The number of benzene rings is 1. The minimum atomic E-state index is -3.66. The molecule has 0 unspecified atom stereocenters. The predicted octanol–water partition coefficient (Wildman–Crippen LogP) is 4.21. The second-order valence-corrected chi connectivity index (χ2v) is 9.17. The molecule has 1 saturated heterocycles. The zero-order chi connectivity index (χ0) is 21.0. The van der Waals surface area contributed by atoms with Gasteiger partial charge >= 0.3 is 0 Å². The van der Waals surface area contributed by atoms with Gasteiger partial charge in [-0.1, -0.05) is 29.6 Å². The van der Waals surface area contributed by atoms with Crippen molar-refractivity contribution in [1.82, 2.24) is 9.29 Å². The number of rotatable bonds is 6. The first-order valence-corrected chi connectivity index (χ1v) is 11.4. The fraction of sp³-hybridized carbons (Fsp3) is 0.368. The largest absolute Gasteiger partial charge is 0.492 e. The Labute approximate surface area is 180 Å². The molecule has 0 spiro atoms. The summed E-state index contributed by atoms with van der Waals surface area (Å²) in [6, 6.07) is 7.33. The second-order valence-electron chi connectivity index (χ2n) is 6.48. The van der Waals surface area contributed by atoms with Gasteiger partial charge in [-0.2, -0.15) is 4.31 Å². The summed E-state index contributed by atoms with van der Waals surface area (Å²) >= 11 is 11.8. The summed E-state index contributed by atoms with van der Waals surface area (Å²) in [5, 5.41) is 2.79. The number of hydrogen-bond donors (Lipinski definition) is 1. The van der Waals surface area contributed by atoms with Gasteiger partial charge in [-0.05, 0) is 50.1 Å². The zero-order valence-electron chi connectivity index (χ0n) is 15.8. The van der Waals surface area contributed by atoms with Gasteiger partial charge in [-0.15, -0.1) is 0 Å². The molecule has 0 bridgehead atoms. The number of carbonyl (C=O) groups excluding carboxylic acids is 1. The van der Waals surface area contributed by atoms with Gasteiger partial charge in [0, 0.05) is 13.1 Å². The molecule has 0 radical (unpaired) electrons. The molecule has 10 heteroatoms. The van der Waals surface area contributed by atoms with Gasteiger partial charge in [0.1, 0.15) is 16.1 Å². The van der Waals surface area contributed by atoms with Crippen molar-refractivity contribution in [3.8, 4) is 5.75 Å². The lowest BCUT2D eigenvalue weighted by molar-refractivity contribution is 0.102. The Hall–Kier alpha value is -1.87. The number of piperidine rings is 1. The van der Waals surface area contributed by atoms with Gasteiger partial charge < -0.3 is 10.1 Å². The average molecular weight is 458 g/mol. The van der Waals surface area contributed by atoms with Crippen molar-refractivity contribution in [2.75, 3.05) is 25.0 Å². The molecule has 3 rings (SSSR count). The predicted molar refractivity (Wildman–Crippen MR) is 112 cm³/mol. The van der Waals surface area contributed by atoms with E-state index in [1.165, 1.54) is 34.6 Å². The maximum Gasteiger partial charge on any atom is 0.258 e. The molecule has 2 aromatic rings. The van der Waals surface area contributed by atoms with E-state index < -0.39 is 15.9 Å². The smallest absolute Gasteiger partial charge is 0.258 e. The van der Waals surface area contributed by atoms with Crippen LogP contribution in [-0.4, -0.2) is 43.3 Å². The Balaban J connectivity index is 1.93. The van der Waals surface area contributed by atoms with E-state index in [4.69, 9.17) is 27.9 Å². The molecule has 1 aromatic heterocycles. The summed E-state index contributed by atoms with van der Waals surface area (Å²) in [7, 11) is -3.66. The van der Waals surface area contributed by atoms with Gasteiger partial charge in [0.15, 0.2) is 0 Å². The number of nitrogens with zero attached hydrogens (tertiary/aromatic N) is 2. The highest BCUT2D eigenvalue weighted by Crippen LogP contribution is 2.31. The van der Waals surface area contributed by atoms with E-state index in [0.717, 1.165) is 19.3 Å². The van der Waals surface area contributed by atoms with Crippen LogP contribution in [-0.2, 0) is 10.0 Å². The first kappa shape index (κ1) is 21.8. The lowest BCUT2D eigenvalue weighted by Gasteiger charge is -2.26. The lowest BCUT2D eigenvalue weighted by atomic mass is 10.2. The number of amides is 1. The second kappa shape index (κ2) is 9.30. The maximum atomic E-state index is 13.0. The van der Waals surface area contributed by atoms with Crippen molar-refractivity contribution in [1.29, 1.82) is 0 Å².